The summed E-state index contributed by atoms with van der Waals surface area (Å²) in [6.07, 6.45) is 1.69. The zero-order valence-electron chi connectivity index (χ0n) is 15.6. The number of nitrogens with zero attached hydrogens (tertiary/aromatic N) is 3. The first kappa shape index (κ1) is 19.2. The van der Waals surface area contributed by atoms with Crippen molar-refractivity contribution in [2.45, 2.75) is 32.2 Å². The highest BCUT2D eigenvalue weighted by Gasteiger charge is 2.36. The third-order valence-corrected chi connectivity index (χ3v) is 4.56. The van der Waals surface area contributed by atoms with Crippen molar-refractivity contribution in [2.24, 2.45) is 5.92 Å². The van der Waals surface area contributed by atoms with Crippen molar-refractivity contribution in [1.82, 2.24) is 15.0 Å². The number of pyridine rings is 1. The number of aryl methyl sites for hydroxylation is 1. The Bertz CT molecular complexity index is 972. The molecule has 3 aromatic rings. The molecule has 1 fully saturated rings. The van der Waals surface area contributed by atoms with E-state index >= 15 is 0 Å². The molecule has 0 saturated heterocycles. The van der Waals surface area contributed by atoms with Crippen LogP contribution in [-0.2, 0) is 0 Å². The predicted molar refractivity (Wildman–Crippen MR) is 99.2 cm³/mol. The van der Waals surface area contributed by atoms with E-state index in [4.69, 9.17) is 4.74 Å². The van der Waals surface area contributed by atoms with Gasteiger partial charge in [-0.15, -0.1) is 13.2 Å². The minimum atomic E-state index is -4.78. The summed E-state index contributed by atoms with van der Waals surface area (Å²) in [5.41, 5.74) is 2.52. The van der Waals surface area contributed by atoms with Gasteiger partial charge >= 0.3 is 12.4 Å². The molecule has 1 saturated carbocycles. The van der Waals surface area contributed by atoms with Crippen molar-refractivity contribution in [3.63, 3.8) is 0 Å². The maximum absolute atomic E-state index is 12.6. The van der Waals surface area contributed by atoms with Gasteiger partial charge in [0.15, 0.2) is 0 Å². The van der Waals surface area contributed by atoms with Gasteiger partial charge in [0, 0.05) is 35.6 Å². The number of ether oxygens (including phenoxy) is 2. The fourth-order valence-electron chi connectivity index (χ4n) is 2.99. The molecule has 0 amide bonds. The Balaban J connectivity index is 1.54. The summed E-state index contributed by atoms with van der Waals surface area (Å²) in [6, 6.07) is 9.91. The molecular formula is C21H18F3N3O2. The number of hydrogen-bond donors (Lipinski definition) is 0. The number of rotatable bonds is 6. The van der Waals surface area contributed by atoms with Crippen molar-refractivity contribution in [2.75, 3.05) is 0 Å². The summed E-state index contributed by atoms with van der Waals surface area (Å²) < 4.78 is 48.0. The lowest BCUT2D eigenvalue weighted by Crippen LogP contribution is -2.17. The zero-order chi connectivity index (χ0) is 20.4. The Hall–Kier alpha value is -3.16. The molecule has 2 heterocycles. The zero-order valence-corrected chi connectivity index (χ0v) is 15.6. The molecule has 1 aliphatic carbocycles. The second-order valence-corrected chi connectivity index (χ2v) is 6.93. The van der Waals surface area contributed by atoms with Gasteiger partial charge in [-0.25, -0.2) is 9.97 Å². The fourth-order valence-corrected chi connectivity index (χ4v) is 2.99. The van der Waals surface area contributed by atoms with E-state index in [0.717, 1.165) is 24.1 Å². The number of aromatic nitrogens is 3. The van der Waals surface area contributed by atoms with Gasteiger partial charge in [0.25, 0.3) is 0 Å². The number of hydrogen-bond acceptors (Lipinski definition) is 5. The van der Waals surface area contributed by atoms with Crippen LogP contribution < -0.4 is 9.47 Å². The van der Waals surface area contributed by atoms with Gasteiger partial charge in [0.05, 0.1) is 5.69 Å². The van der Waals surface area contributed by atoms with Gasteiger partial charge in [-0.1, -0.05) is 24.3 Å². The molecule has 1 unspecified atom stereocenters. The monoisotopic (exact) mass is 401 g/mol. The lowest BCUT2D eigenvalue weighted by molar-refractivity contribution is -0.274. The average molecular weight is 401 g/mol. The Morgan fingerprint density at radius 1 is 0.966 bits per heavy atom. The first-order valence-electron chi connectivity index (χ1n) is 9.15. The predicted octanol–water partition coefficient (Wildman–Crippen LogP) is 5.28. The highest BCUT2D eigenvalue weighted by molar-refractivity contribution is 5.69. The number of halogens is 3. The van der Waals surface area contributed by atoms with E-state index in [1.165, 1.54) is 30.6 Å². The maximum Gasteiger partial charge on any atom is 0.573 e. The smallest absolute Gasteiger partial charge is 0.453 e. The topological polar surface area (TPSA) is 57.1 Å². The van der Waals surface area contributed by atoms with E-state index in [9.17, 15) is 13.2 Å². The van der Waals surface area contributed by atoms with Crippen molar-refractivity contribution < 1.29 is 22.6 Å². The molecule has 29 heavy (non-hydrogen) atoms. The third-order valence-electron chi connectivity index (χ3n) is 4.56. The van der Waals surface area contributed by atoms with Crippen molar-refractivity contribution in [1.29, 1.82) is 0 Å². The summed E-state index contributed by atoms with van der Waals surface area (Å²) in [5.74, 6) is 0.0476. The van der Waals surface area contributed by atoms with Gasteiger partial charge in [-0.2, -0.15) is 0 Å². The van der Waals surface area contributed by atoms with Crippen molar-refractivity contribution in [3.8, 4) is 22.9 Å². The molecule has 5 nitrogen and oxygen atoms in total. The quantitative estimate of drug-likeness (QED) is 0.563. The van der Waals surface area contributed by atoms with Gasteiger partial charge in [0.2, 0.25) is 0 Å². The summed E-state index contributed by atoms with van der Waals surface area (Å²) in [4.78, 5) is 12.8. The normalized spacial score (nSPS) is 15.0. The van der Waals surface area contributed by atoms with Gasteiger partial charge in [-0.3, -0.25) is 4.98 Å². The maximum atomic E-state index is 12.6. The summed E-state index contributed by atoms with van der Waals surface area (Å²) in [6.45, 7) is 1.96. The second kappa shape index (κ2) is 7.69. The van der Waals surface area contributed by atoms with Crippen LogP contribution in [-0.4, -0.2) is 21.3 Å². The molecule has 4 rings (SSSR count). The molecule has 0 aliphatic heterocycles. The van der Waals surface area contributed by atoms with Gasteiger partial charge in [0.1, 0.15) is 11.9 Å². The Labute approximate surface area is 165 Å². The van der Waals surface area contributed by atoms with Crippen LogP contribution in [0.5, 0.6) is 11.8 Å². The number of benzene rings is 1. The van der Waals surface area contributed by atoms with Crippen molar-refractivity contribution in [3.05, 3.63) is 66.2 Å². The molecule has 0 radical (unpaired) electrons. The Morgan fingerprint density at radius 2 is 1.69 bits per heavy atom. The molecule has 1 aromatic carbocycles. The molecule has 1 atom stereocenters. The molecule has 8 heteroatoms. The summed E-state index contributed by atoms with van der Waals surface area (Å²) >= 11 is 0. The number of para-hydroxylation sites is 1. The molecule has 0 bridgehead atoms. The molecule has 0 N–H and O–H groups in total. The standard InChI is InChI=1S/C21H18F3N3O2/c1-13-6-9-17(25-10-13)19(14-7-8-14)28-20-26-11-15(12-27-20)16-4-2-3-5-18(16)29-21(22,23)24/h2-6,9-12,14,19H,7-8H2,1H3. The molecule has 0 spiro atoms. The van der Waals surface area contributed by atoms with E-state index in [1.54, 1.807) is 12.3 Å². The van der Waals surface area contributed by atoms with Gasteiger partial charge < -0.3 is 9.47 Å². The van der Waals surface area contributed by atoms with Crippen LogP contribution >= 0.6 is 0 Å². The van der Waals surface area contributed by atoms with E-state index in [-0.39, 0.29) is 23.4 Å². The van der Waals surface area contributed by atoms with Gasteiger partial charge in [-0.05, 0) is 37.5 Å². The molecule has 150 valence electrons. The molecule has 2 aromatic heterocycles. The minimum absolute atomic E-state index is 0.155. The van der Waals surface area contributed by atoms with Crippen LogP contribution in [0.4, 0.5) is 13.2 Å². The highest BCUT2D eigenvalue weighted by atomic mass is 19.4. The van der Waals surface area contributed by atoms with E-state index in [0.29, 0.717) is 11.5 Å². The second-order valence-electron chi connectivity index (χ2n) is 6.93. The fraction of sp³-hybridized carbons (Fsp3) is 0.286. The summed E-state index contributed by atoms with van der Waals surface area (Å²) in [5, 5.41) is 0. The Kier molecular flexibility index (Phi) is 5.08. The summed E-state index contributed by atoms with van der Waals surface area (Å²) in [7, 11) is 0. The van der Waals surface area contributed by atoms with Crippen LogP contribution in [0.1, 0.15) is 30.2 Å². The molecule has 1 aliphatic rings. The van der Waals surface area contributed by atoms with Crippen LogP contribution in [0.25, 0.3) is 11.1 Å². The average Bonchev–Trinajstić information content (AvgIpc) is 3.52. The highest BCUT2D eigenvalue weighted by Crippen LogP contribution is 2.42. The molecular weight excluding hydrogens is 383 g/mol. The third kappa shape index (κ3) is 4.82. The largest absolute Gasteiger partial charge is 0.573 e. The lowest BCUT2D eigenvalue weighted by atomic mass is 10.1. The van der Waals surface area contributed by atoms with E-state index < -0.39 is 6.36 Å². The van der Waals surface area contributed by atoms with Crippen molar-refractivity contribution >= 4 is 0 Å². The van der Waals surface area contributed by atoms with Crippen LogP contribution in [0.15, 0.2) is 55.0 Å². The Morgan fingerprint density at radius 3 is 2.31 bits per heavy atom. The first-order chi connectivity index (χ1) is 13.9. The number of alkyl halides is 3. The minimum Gasteiger partial charge on any atom is -0.453 e. The lowest BCUT2D eigenvalue weighted by Gasteiger charge is -2.17. The van der Waals surface area contributed by atoms with E-state index in [2.05, 4.69) is 19.7 Å². The first-order valence-corrected chi connectivity index (χ1v) is 9.15. The SMILES string of the molecule is Cc1ccc(C(Oc2ncc(-c3ccccc3OC(F)(F)F)cn2)C2CC2)nc1. The van der Waals surface area contributed by atoms with Crippen LogP contribution in [0, 0.1) is 12.8 Å². The van der Waals surface area contributed by atoms with Crippen LogP contribution in [0.3, 0.4) is 0 Å². The van der Waals surface area contributed by atoms with Crippen LogP contribution in [0.2, 0.25) is 0 Å². The van der Waals surface area contributed by atoms with E-state index in [1.807, 2.05) is 19.1 Å².